The van der Waals surface area contributed by atoms with Crippen LogP contribution in [0.4, 0.5) is 5.69 Å². The molecule has 3 aromatic carbocycles. The molecule has 0 atom stereocenters. The van der Waals surface area contributed by atoms with Crippen molar-refractivity contribution in [2.45, 2.75) is 6.92 Å². The van der Waals surface area contributed by atoms with Gasteiger partial charge in [-0.2, -0.15) is 0 Å². The number of aryl methyl sites for hydroxylation is 1. The summed E-state index contributed by atoms with van der Waals surface area (Å²) in [5, 5.41) is 0.773. The maximum Gasteiger partial charge on any atom is 0.205 e. The van der Waals surface area contributed by atoms with Crippen LogP contribution in [0, 0.1) is 6.92 Å². The van der Waals surface area contributed by atoms with Crippen molar-refractivity contribution in [2.75, 3.05) is 27.1 Å². The minimum Gasteiger partial charge on any atom is -0.497 e. The Bertz CT molecular complexity index is 1610. The number of ether oxygens (including phenoxy) is 3. The molecule has 7 heteroatoms. The van der Waals surface area contributed by atoms with E-state index in [1.54, 1.807) is 39.5 Å². The van der Waals surface area contributed by atoms with Crippen LogP contribution in [-0.2, 0) is 0 Å². The number of anilines is 1. The van der Waals surface area contributed by atoms with Crippen LogP contribution in [0.2, 0.25) is 0 Å². The smallest absolute Gasteiger partial charge is 0.205 e. The van der Waals surface area contributed by atoms with Gasteiger partial charge in [0.1, 0.15) is 15.5 Å². The van der Waals surface area contributed by atoms with Crippen LogP contribution in [0.25, 0.3) is 32.6 Å². The summed E-state index contributed by atoms with van der Waals surface area (Å²) in [6.45, 7) is 2.05. The number of thiophene rings is 1. The van der Waals surface area contributed by atoms with Crippen LogP contribution in [0.3, 0.4) is 0 Å². The van der Waals surface area contributed by atoms with E-state index < -0.39 is 0 Å². The van der Waals surface area contributed by atoms with Crippen LogP contribution < -0.4 is 19.9 Å². The van der Waals surface area contributed by atoms with Crippen molar-refractivity contribution in [1.82, 2.24) is 4.98 Å². The normalized spacial score (nSPS) is 10.9. The molecular weight excluding hydrogens is 484 g/mol. The first-order chi connectivity index (χ1) is 17.9. The lowest BCUT2D eigenvalue weighted by atomic mass is 9.98. The van der Waals surface area contributed by atoms with Crippen LogP contribution in [0.1, 0.15) is 20.8 Å². The first-order valence-corrected chi connectivity index (χ1v) is 12.5. The molecule has 0 saturated heterocycles. The van der Waals surface area contributed by atoms with Gasteiger partial charge in [0.15, 0.2) is 11.5 Å². The number of fused-ring (bicyclic) bond motifs is 1. The Balaban J connectivity index is 1.70. The minimum absolute atomic E-state index is 0.192. The molecule has 5 rings (SSSR count). The van der Waals surface area contributed by atoms with E-state index in [2.05, 4.69) is 24.3 Å². The zero-order valence-electron chi connectivity index (χ0n) is 21.0. The fourth-order valence-corrected chi connectivity index (χ4v) is 5.35. The molecule has 0 bridgehead atoms. The van der Waals surface area contributed by atoms with E-state index in [9.17, 15) is 4.79 Å². The second-order valence-corrected chi connectivity index (χ2v) is 9.57. The maximum absolute atomic E-state index is 13.6. The fourth-order valence-electron chi connectivity index (χ4n) is 4.27. The van der Waals surface area contributed by atoms with E-state index in [0.29, 0.717) is 32.5 Å². The van der Waals surface area contributed by atoms with Crippen molar-refractivity contribution in [3.63, 3.8) is 0 Å². The number of nitrogens with zero attached hydrogens (tertiary/aromatic N) is 1. The van der Waals surface area contributed by atoms with Gasteiger partial charge in [0, 0.05) is 16.5 Å². The number of nitrogen functional groups attached to an aromatic ring is 1. The lowest BCUT2D eigenvalue weighted by Gasteiger charge is -2.10. The van der Waals surface area contributed by atoms with Gasteiger partial charge in [-0.1, -0.05) is 29.8 Å². The van der Waals surface area contributed by atoms with Crippen molar-refractivity contribution < 1.29 is 19.0 Å². The molecule has 0 saturated carbocycles. The number of carbonyl (C=O) groups excluding carboxylic acids is 1. The molecule has 0 amide bonds. The molecule has 0 spiro atoms. The maximum atomic E-state index is 13.6. The monoisotopic (exact) mass is 510 g/mol. The van der Waals surface area contributed by atoms with Gasteiger partial charge in [0.05, 0.1) is 32.7 Å². The molecule has 0 aliphatic carbocycles. The Kier molecular flexibility index (Phi) is 6.54. The summed E-state index contributed by atoms with van der Waals surface area (Å²) < 4.78 is 16.0. The third-order valence-electron chi connectivity index (χ3n) is 6.30. The molecule has 2 N–H and O–H groups in total. The summed E-state index contributed by atoms with van der Waals surface area (Å²) in [4.78, 5) is 19.7. The van der Waals surface area contributed by atoms with Gasteiger partial charge in [0.2, 0.25) is 5.78 Å². The molecule has 2 aromatic heterocycles. The van der Waals surface area contributed by atoms with E-state index in [-0.39, 0.29) is 5.78 Å². The van der Waals surface area contributed by atoms with Crippen molar-refractivity contribution in [3.8, 4) is 39.6 Å². The average molecular weight is 511 g/mol. The molecule has 0 unspecified atom stereocenters. The van der Waals surface area contributed by atoms with Gasteiger partial charge in [-0.25, -0.2) is 4.98 Å². The van der Waals surface area contributed by atoms with E-state index in [0.717, 1.165) is 39.1 Å². The number of nitrogens with two attached hydrogens (primary N) is 1. The Morgan fingerprint density at radius 3 is 2.14 bits per heavy atom. The van der Waals surface area contributed by atoms with E-state index in [4.69, 9.17) is 24.9 Å². The first kappa shape index (κ1) is 24.3. The molecule has 2 heterocycles. The molecule has 0 aliphatic heterocycles. The van der Waals surface area contributed by atoms with Crippen molar-refractivity contribution in [2.24, 2.45) is 0 Å². The van der Waals surface area contributed by atoms with E-state index >= 15 is 0 Å². The van der Waals surface area contributed by atoms with E-state index in [1.165, 1.54) is 11.3 Å². The summed E-state index contributed by atoms with van der Waals surface area (Å²) in [5.41, 5.74) is 12.4. The second kappa shape index (κ2) is 9.95. The third kappa shape index (κ3) is 4.49. The number of ketones is 1. The predicted octanol–water partition coefficient (Wildman–Crippen LogP) is 6.78. The molecule has 5 aromatic rings. The Morgan fingerprint density at radius 2 is 1.49 bits per heavy atom. The van der Waals surface area contributed by atoms with Gasteiger partial charge >= 0.3 is 0 Å². The van der Waals surface area contributed by atoms with Crippen molar-refractivity contribution >= 4 is 33.0 Å². The zero-order valence-corrected chi connectivity index (χ0v) is 21.8. The third-order valence-corrected chi connectivity index (χ3v) is 7.40. The number of carbonyl (C=O) groups is 1. The molecule has 186 valence electrons. The van der Waals surface area contributed by atoms with Crippen molar-refractivity contribution in [1.29, 1.82) is 0 Å². The van der Waals surface area contributed by atoms with Crippen LogP contribution in [0.5, 0.6) is 17.2 Å². The minimum atomic E-state index is -0.192. The highest BCUT2D eigenvalue weighted by molar-refractivity contribution is 7.21. The topological polar surface area (TPSA) is 83.7 Å². The number of hydrogen-bond donors (Lipinski definition) is 1. The summed E-state index contributed by atoms with van der Waals surface area (Å²) in [6, 6.07) is 23.1. The quantitative estimate of drug-likeness (QED) is 0.243. The summed E-state index contributed by atoms with van der Waals surface area (Å²) in [7, 11) is 4.74. The van der Waals surface area contributed by atoms with Crippen molar-refractivity contribution in [3.05, 3.63) is 88.8 Å². The number of benzene rings is 3. The highest BCUT2D eigenvalue weighted by Crippen LogP contribution is 2.42. The summed E-state index contributed by atoms with van der Waals surface area (Å²) in [6.07, 6.45) is 0. The summed E-state index contributed by atoms with van der Waals surface area (Å²) >= 11 is 1.30. The van der Waals surface area contributed by atoms with Gasteiger partial charge in [0.25, 0.3) is 0 Å². The SMILES string of the molecule is COc1ccc(-c2cc(-c3ccc(C)cc3)c3c(N)c(C(=O)c4ccc(OC)c(OC)c4)sc3n2)cc1. The molecule has 0 radical (unpaired) electrons. The molecular formula is C30H26N2O4S. The average Bonchev–Trinajstić information content (AvgIpc) is 3.28. The Morgan fingerprint density at radius 1 is 0.811 bits per heavy atom. The van der Waals surface area contributed by atoms with Gasteiger partial charge in [-0.15, -0.1) is 11.3 Å². The Hall–Kier alpha value is -4.36. The highest BCUT2D eigenvalue weighted by Gasteiger charge is 2.23. The molecule has 0 fully saturated rings. The van der Waals surface area contributed by atoms with Gasteiger partial charge in [-0.05, 0) is 66.6 Å². The molecule has 37 heavy (non-hydrogen) atoms. The van der Waals surface area contributed by atoms with E-state index in [1.807, 2.05) is 37.3 Å². The van der Waals surface area contributed by atoms with Crippen LogP contribution in [-0.4, -0.2) is 32.1 Å². The van der Waals surface area contributed by atoms with Gasteiger partial charge < -0.3 is 19.9 Å². The fraction of sp³-hybridized carbons (Fsp3) is 0.133. The zero-order chi connectivity index (χ0) is 26.1. The number of methoxy groups -OCH3 is 3. The molecule has 6 nitrogen and oxygen atoms in total. The number of aromatic nitrogens is 1. The summed E-state index contributed by atoms with van der Waals surface area (Å²) in [5.74, 6) is 1.61. The lowest BCUT2D eigenvalue weighted by molar-refractivity contribution is 0.104. The van der Waals surface area contributed by atoms with Crippen LogP contribution >= 0.6 is 11.3 Å². The predicted molar refractivity (Wildman–Crippen MR) is 149 cm³/mol. The molecule has 0 aliphatic rings. The van der Waals surface area contributed by atoms with Crippen LogP contribution in [0.15, 0.2) is 72.8 Å². The Labute approximate surface area is 219 Å². The number of rotatable bonds is 7. The highest BCUT2D eigenvalue weighted by atomic mass is 32.1. The standard InChI is InChI=1S/C30H26N2O4S/c1-17-5-7-18(8-6-17)22-16-23(19-9-12-21(34-2)13-10-19)32-30-26(22)27(31)29(37-30)28(33)20-11-14-24(35-3)25(15-20)36-4/h5-16H,31H2,1-4H3. The second-order valence-electron chi connectivity index (χ2n) is 8.57. The number of pyridine rings is 1. The first-order valence-electron chi connectivity index (χ1n) is 11.6. The van der Waals surface area contributed by atoms with Gasteiger partial charge in [-0.3, -0.25) is 4.79 Å². The largest absolute Gasteiger partial charge is 0.497 e. The lowest BCUT2D eigenvalue weighted by Crippen LogP contribution is -2.03. The number of hydrogen-bond acceptors (Lipinski definition) is 7.